The number of nitrogens with zero attached hydrogens (tertiary/aromatic N) is 1. The summed E-state index contributed by atoms with van der Waals surface area (Å²) < 4.78 is 0. The zero-order valence-electron chi connectivity index (χ0n) is 12.3. The maximum atomic E-state index is 12.3. The Bertz CT molecular complexity index is 265. The molecule has 0 aromatic heterocycles. The fourth-order valence-corrected chi connectivity index (χ4v) is 2.51. The number of carbonyl (C=O) groups is 1. The SMILES string of the molecule is CC(C)C(C(=O)NCC(C)(C)N)N1CCCCC1. The molecule has 4 nitrogen and oxygen atoms in total. The first-order chi connectivity index (χ1) is 8.31. The Kier molecular flexibility index (Phi) is 5.60. The fourth-order valence-electron chi connectivity index (χ4n) is 2.51. The van der Waals surface area contributed by atoms with E-state index in [4.69, 9.17) is 5.73 Å². The highest BCUT2D eigenvalue weighted by atomic mass is 16.2. The van der Waals surface area contributed by atoms with Crippen LogP contribution in [0.4, 0.5) is 0 Å². The molecule has 18 heavy (non-hydrogen) atoms. The fraction of sp³-hybridized carbons (Fsp3) is 0.929. The molecule has 4 heteroatoms. The van der Waals surface area contributed by atoms with Crippen molar-refractivity contribution >= 4 is 5.91 Å². The molecule has 1 unspecified atom stereocenters. The molecule has 0 radical (unpaired) electrons. The van der Waals surface area contributed by atoms with Crippen LogP contribution < -0.4 is 11.1 Å². The monoisotopic (exact) mass is 255 g/mol. The molecule has 0 aromatic carbocycles. The first-order valence-electron chi connectivity index (χ1n) is 7.12. The van der Waals surface area contributed by atoms with Gasteiger partial charge in [-0.25, -0.2) is 0 Å². The van der Waals surface area contributed by atoms with Crippen molar-refractivity contribution in [3.63, 3.8) is 0 Å². The van der Waals surface area contributed by atoms with Crippen LogP contribution in [0.1, 0.15) is 47.0 Å². The maximum Gasteiger partial charge on any atom is 0.237 e. The summed E-state index contributed by atoms with van der Waals surface area (Å²) >= 11 is 0. The van der Waals surface area contributed by atoms with Crippen LogP contribution in [0.3, 0.4) is 0 Å². The van der Waals surface area contributed by atoms with Crippen molar-refractivity contribution in [1.29, 1.82) is 0 Å². The standard InChI is InChI=1S/C14H29N3O/c1-11(2)12(17-8-6-5-7-9-17)13(18)16-10-14(3,4)15/h11-12H,5-10,15H2,1-4H3,(H,16,18). The van der Waals surface area contributed by atoms with Gasteiger partial charge in [0, 0.05) is 12.1 Å². The second kappa shape index (κ2) is 6.53. The summed E-state index contributed by atoms with van der Waals surface area (Å²) in [6.45, 7) is 10.7. The Morgan fingerprint density at radius 1 is 1.28 bits per heavy atom. The molecule has 1 aliphatic heterocycles. The molecule has 3 N–H and O–H groups in total. The Morgan fingerprint density at radius 3 is 2.28 bits per heavy atom. The molecule has 0 spiro atoms. The topological polar surface area (TPSA) is 58.4 Å². The molecule has 0 aromatic rings. The van der Waals surface area contributed by atoms with Crippen LogP contribution in [0.15, 0.2) is 0 Å². The van der Waals surface area contributed by atoms with E-state index < -0.39 is 0 Å². The third kappa shape index (κ3) is 4.94. The molecule has 1 fully saturated rings. The summed E-state index contributed by atoms with van der Waals surface area (Å²) in [5, 5.41) is 3.00. The van der Waals surface area contributed by atoms with Gasteiger partial charge in [-0.1, -0.05) is 20.3 Å². The van der Waals surface area contributed by atoms with Gasteiger partial charge in [0.15, 0.2) is 0 Å². The number of hydrogen-bond donors (Lipinski definition) is 2. The van der Waals surface area contributed by atoms with E-state index in [-0.39, 0.29) is 17.5 Å². The summed E-state index contributed by atoms with van der Waals surface area (Å²) in [5.74, 6) is 0.467. The largest absolute Gasteiger partial charge is 0.353 e. The van der Waals surface area contributed by atoms with Crippen molar-refractivity contribution in [2.45, 2.75) is 58.5 Å². The third-order valence-electron chi connectivity index (χ3n) is 3.40. The van der Waals surface area contributed by atoms with Gasteiger partial charge in [-0.2, -0.15) is 0 Å². The normalized spacial score (nSPS) is 19.9. The first kappa shape index (κ1) is 15.4. The van der Waals surface area contributed by atoms with Crippen LogP contribution in [0.5, 0.6) is 0 Å². The maximum absolute atomic E-state index is 12.3. The molecule has 1 aliphatic rings. The van der Waals surface area contributed by atoms with E-state index in [1.54, 1.807) is 0 Å². The number of likely N-dealkylation sites (tertiary alicyclic amines) is 1. The highest BCUT2D eigenvalue weighted by Crippen LogP contribution is 2.17. The second-order valence-corrected chi connectivity index (χ2v) is 6.49. The molecular formula is C14H29N3O. The smallest absolute Gasteiger partial charge is 0.237 e. The van der Waals surface area contributed by atoms with Gasteiger partial charge in [-0.05, 0) is 45.7 Å². The van der Waals surface area contributed by atoms with Crippen molar-refractivity contribution < 1.29 is 4.79 Å². The van der Waals surface area contributed by atoms with Crippen molar-refractivity contribution in [3.8, 4) is 0 Å². The minimum Gasteiger partial charge on any atom is -0.353 e. The Labute approximate surface area is 111 Å². The Morgan fingerprint density at radius 2 is 1.83 bits per heavy atom. The van der Waals surface area contributed by atoms with E-state index >= 15 is 0 Å². The number of amides is 1. The molecule has 0 saturated carbocycles. The van der Waals surface area contributed by atoms with Crippen LogP contribution in [-0.4, -0.2) is 42.0 Å². The minimum absolute atomic E-state index is 0.00681. The van der Waals surface area contributed by atoms with Crippen molar-refractivity contribution in [1.82, 2.24) is 10.2 Å². The predicted molar refractivity (Wildman–Crippen MR) is 75.3 cm³/mol. The molecular weight excluding hydrogens is 226 g/mol. The zero-order valence-corrected chi connectivity index (χ0v) is 12.3. The first-order valence-corrected chi connectivity index (χ1v) is 7.12. The Hall–Kier alpha value is -0.610. The van der Waals surface area contributed by atoms with Gasteiger partial charge in [-0.15, -0.1) is 0 Å². The number of piperidine rings is 1. The van der Waals surface area contributed by atoms with E-state index in [2.05, 4.69) is 24.1 Å². The van der Waals surface area contributed by atoms with Crippen LogP contribution in [-0.2, 0) is 4.79 Å². The zero-order chi connectivity index (χ0) is 13.8. The van der Waals surface area contributed by atoms with Crippen molar-refractivity contribution in [3.05, 3.63) is 0 Å². The molecule has 1 rings (SSSR count). The lowest BCUT2D eigenvalue weighted by Gasteiger charge is -2.36. The van der Waals surface area contributed by atoms with Crippen LogP contribution in [0.2, 0.25) is 0 Å². The number of nitrogens with one attached hydrogen (secondary N) is 1. The van der Waals surface area contributed by atoms with E-state index in [0.29, 0.717) is 12.5 Å². The molecule has 1 amide bonds. The van der Waals surface area contributed by atoms with E-state index in [9.17, 15) is 4.79 Å². The highest BCUT2D eigenvalue weighted by molar-refractivity contribution is 5.82. The van der Waals surface area contributed by atoms with Gasteiger partial charge in [0.1, 0.15) is 0 Å². The van der Waals surface area contributed by atoms with Gasteiger partial charge >= 0.3 is 0 Å². The predicted octanol–water partition coefficient (Wildman–Crippen LogP) is 1.35. The van der Waals surface area contributed by atoms with Gasteiger partial charge in [0.05, 0.1) is 6.04 Å². The molecule has 1 saturated heterocycles. The lowest BCUT2D eigenvalue weighted by molar-refractivity contribution is -0.128. The van der Waals surface area contributed by atoms with E-state index in [1.165, 1.54) is 19.3 Å². The summed E-state index contributed by atoms with van der Waals surface area (Å²) in [6, 6.07) is -0.00681. The van der Waals surface area contributed by atoms with E-state index in [0.717, 1.165) is 13.1 Å². The van der Waals surface area contributed by atoms with Gasteiger partial charge < -0.3 is 11.1 Å². The highest BCUT2D eigenvalue weighted by Gasteiger charge is 2.30. The van der Waals surface area contributed by atoms with Crippen LogP contribution in [0.25, 0.3) is 0 Å². The lowest BCUT2D eigenvalue weighted by atomic mass is 9.98. The molecule has 1 atom stereocenters. The van der Waals surface area contributed by atoms with E-state index in [1.807, 2.05) is 13.8 Å². The van der Waals surface area contributed by atoms with Gasteiger partial charge in [0.25, 0.3) is 0 Å². The second-order valence-electron chi connectivity index (χ2n) is 6.49. The quantitative estimate of drug-likeness (QED) is 0.779. The third-order valence-corrected chi connectivity index (χ3v) is 3.40. The average Bonchev–Trinajstić information content (AvgIpc) is 2.26. The van der Waals surface area contributed by atoms with Gasteiger partial charge in [-0.3, -0.25) is 9.69 Å². The summed E-state index contributed by atoms with van der Waals surface area (Å²) in [6.07, 6.45) is 3.70. The summed E-state index contributed by atoms with van der Waals surface area (Å²) in [5.41, 5.74) is 5.56. The average molecular weight is 255 g/mol. The van der Waals surface area contributed by atoms with Crippen molar-refractivity contribution in [2.75, 3.05) is 19.6 Å². The van der Waals surface area contributed by atoms with Crippen LogP contribution in [0, 0.1) is 5.92 Å². The number of hydrogen-bond acceptors (Lipinski definition) is 3. The number of carbonyl (C=O) groups excluding carboxylic acids is 1. The Balaban J connectivity index is 2.57. The number of rotatable bonds is 5. The number of nitrogens with two attached hydrogens (primary N) is 1. The lowest BCUT2D eigenvalue weighted by Crippen LogP contribution is -2.54. The summed E-state index contributed by atoms with van der Waals surface area (Å²) in [4.78, 5) is 14.6. The van der Waals surface area contributed by atoms with Gasteiger partial charge in [0.2, 0.25) is 5.91 Å². The summed E-state index contributed by atoms with van der Waals surface area (Å²) in [7, 11) is 0. The van der Waals surface area contributed by atoms with Crippen LogP contribution >= 0.6 is 0 Å². The molecule has 106 valence electrons. The molecule has 1 heterocycles. The molecule has 0 aliphatic carbocycles. The molecule has 0 bridgehead atoms. The minimum atomic E-state index is -0.348. The van der Waals surface area contributed by atoms with Crippen molar-refractivity contribution in [2.24, 2.45) is 11.7 Å².